The van der Waals surface area contributed by atoms with E-state index in [1.807, 2.05) is 25.1 Å². The fraction of sp³-hybridized carbons (Fsp3) is 0.400. The summed E-state index contributed by atoms with van der Waals surface area (Å²) >= 11 is 0. The number of aromatic amines is 1. The number of methoxy groups -OCH3 is 1. The van der Waals surface area contributed by atoms with Crippen LogP contribution in [-0.4, -0.2) is 35.2 Å². The number of alkyl halides is 3. The van der Waals surface area contributed by atoms with Gasteiger partial charge in [0.05, 0.1) is 13.3 Å². The number of aryl methyl sites for hydroxylation is 1. The van der Waals surface area contributed by atoms with Crippen LogP contribution in [0.1, 0.15) is 36.0 Å². The van der Waals surface area contributed by atoms with Crippen molar-refractivity contribution < 1.29 is 17.9 Å². The van der Waals surface area contributed by atoms with Gasteiger partial charge in [-0.15, -0.1) is 0 Å². The Labute approximate surface area is 160 Å². The van der Waals surface area contributed by atoms with Crippen molar-refractivity contribution in [1.82, 2.24) is 15.0 Å². The van der Waals surface area contributed by atoms with E-state index < -0.39 is 11.9 Å². The van der Waals surface area contributed by atoms with Gasteiger partial charge in [0.15, 0.2) is 0 Å². The molecule has 3 aromatic rings. The van der Waals surface area contributed by atoms with E-state index in [9.17, 15) is 13.2 Å². The molecule has 1 N–H and O–H groups in total. The van der Waals surface area contributed by atoms with E-state index in [0.717, 1.165) is 60.2 Å². The number of H-pyrrole nitrogens is 1. The zero-order valence-corrected chi connectivity index (χ0v) is 15.7. The smallest absolute Gasteiger partial charge is 0.432 e. The second kappa shape index (κ2) is 7.00. The predicted octanol–water partition coefficient (Wildman–Crippen LogP) is 4.68. The molecule has 0 bridgehead atoms. The lowest BCUT2D eigenvalue weighted by molar-refractivity contribution is -0.141. The van der Waals surface area contributed by atoms with Crippen LogP contribution in [0.15, 0.2) is 30.5 Å². The number of anilines is 1. The number of ether oxygens (including phenoxy) is 1. The summed E-state index contributed by atoms with van der Waals surface area (Å²) in [4.78, 5) is 13.3. The molecule has 0 amide bonds. The standard InChI is InChI=1S/C20H21F3N4O/c1-12-10-15(14-4-3-5-16(28-2)18(14)25-12)27-8-6-13(7-9-27)19-24-11-17(26-19)20(21,22)23/h3-5,10-11,13H,6-9H2,1-2H3,(H,24,26). The molecule has 0 radical (unpaired) electrons. The Morgan fingerprint density at radius 1 is 1.21 bits per heavy atom. The summed E-state index contributed by atoms with van der Waals surface area (Å²) in [6.45, 7) is 3.43. The highest BCUT2D eigenvalue weighted by Crippen LogP contribution is 2.36. The van der Waals surface area contributed by atoms with Gasteiger partial charge in [0.1, 0.15) is 22.8 Å². The SMILES string of the molecule is COc1cccc2c(N3CCC(c4ncc(C(F)(F)F)[nH]4)CC3)cc(C)nc12. The lowest BCUT2D eigenvalue weighted by atomic mass is 9.95. The molecular weight excluding hydrogens is 369 g/mol. The van der Waals surface area contributed by atoms with E-state index in [1.54, 1.807) is 7.11 Å². The van der Waals surface area contributed by atoms with Crippen LogP contribution in [0.5, 0.6) is 5.75 Å². The van der Waals surface area contributed by atoms with E-state index in [1.165, 1.54) is 0 Å². The van der Waals surface area contributed by atoms with Gasteiger partial charge >= 0.3 is 6.18 Å². The van der Waals surface area contributed by atoms with Crippen molar-refractivity contribution >= 4 is 16.6 Å². The summed E-state index contributed by atoms with van der Waals surface area (Å²) in [6.07, 6.45) is -2.04. The number of halogens is 3. The van der Waals surface area contributed by atoms with Crippen LogP contribution in [0.2, 0.25) is 0 Å². The fourth-order valence-corrected chi connectivity index (χ4v) is 3.84. The average molecular weight is 390 g/mol. The van der Waals surface area contributed by atoms with E-state index in [2.05, 4.69) is 25.9 Å². The van der Waals surface area contributed by atoms with Gasteiger partial charge in [0.2, 0.25) is 0 Å². The first-order valence-corrected chi connectivity index (χ1v) is 9.18. The van der Waals surface area contributed by atoms with Crippen molar-refractivity contribution in [3.05, 3.63) is 47.7 Å². The molecule has 5 nitrogen and oxygen atoms in total. The summed E-state index contributed by atoms with van der Waals surface area (Å²) in [5.74, 6) is 1.15. The third-order valence-electron chi connectivity index (χ3n) is 5.25. The Bertz CT molecular complexity index is 991. The topological polar surface area (TPSA) is 54.0 Å². The highest BCUT2D eigenvalue weighted by Gasteiger charge is 2.34. The number of imidazole rings is 1. The molecule has 1 saturated heterocycles. The maximum Gasteiger partial charge on any atom is 0.432 e. The molecule has 2 aromatic heterocycles. The third-order valence-corrected chi connectivity index (χ3v) is 5.25. The second-order valence-electron chi connectivity index (χ2n) is 7.08. The first-order chi connectivity index (χ1) is 13.4. The molecule has 1 aliphatic rings. The van der Waals surface area contributed by atoms with Crippen LogP contribution in [-0.2, 0) is 6.18 Å². The van der Waals surface area contributed by atoms with Crippen molar-refractivity contribution in [3.63, 3.8) is 0 Å². The molecule has 1 aliphatic heterocycles. The molecule has 0 aliphatic carbocycles. The Morgan fingerprint density at radius 3 is 2.61 bits per heavy atom. The normalized spacial score (nSPS) is 16.0. The van der Waals surface area contributed by atoms with Gasteiger partial charge in [-0.05, 0) is 31.9 Å². The number of para-hydroxylation sites is 1. The lowest BCUT2D eigenvalue weighted by Crippen LogP contribution is -2.33. The molecule has 0 saturated carbocycles. The summed E-state index contributed by atoms with van der Waals surface area (Å²) < 4.78 is 43.9. The molecule has 28 heavy (non-hydrogen) atoms. The van der Waals surface area contributed by atoms with Crippen molar-refractivity contribution in [2.45, 2.75) is 31.9 Å². The minimum Gasteiger partial charge on any atom is -0.494 e. The van der Waals surface area contributed by atoms with E-state index in [-0.39, 0.29) is 5.92 Å². The van der Waals surface area contributed by atoms with Crippen molar-refractivity contribution in [2.24, 2.45) is 0 Å². The first kappa shape index (κ1) is 18.6. The maximum atomic E-state index is 12.8. The van der Waals surface area contributed by atoms with Gasteiger partial charge in [-0.3, -0.25) is 0 Å². The van der Waals surface area contributed by atoms with Crippen molar-refractivity contribution in [2.75, 3.05) is 25.1 Å². The van der Waals surface area contributed by atoms with Gasteiger partial charge in [-0.25, -0.2) is 9.97 Å². The zero-order valence-electron chi connectivity index (χ0n) is 15.7. The van der Waals surface area contributed by atoms with Crippen LogP contribution >= 0.6 is 0 Å². The third kappa shape index (κ3) is 3.39. The largest absolute Gasteiger partial charge is 0.494 e. The maximum absolute atomic E-state index is 12.8. The Balaban J connectivity index is 1.57. The summed E-state index contributed by atoms with van der Waals surface area (Å²) in [6, 6.07) is 7.90. The summed E-state index contributed by atoms with van der Waals surface area (Å²) in [5, 5.41) is 1.01. The molecule has 8 heteroatoms. The minimum atomic E-state index is -4.39. The van der Waals surface area contributed by atoms with E-state index >= 15 is 0 Å². The van der Waals surface area contributed by atoms with Gasteiger partial charge in [-0.2, -0.15) is 13.2 Å². The summed E-state index contributed by atoms with van der Waals surface area (Å²) in [7, 11) is 1.63. The minimum absolute atomic E-state index is 0.00363. The predicted molar refractivity (Wildman–Crippen MR) is 101 cm³/mol. The number of benzene rings is 1. The molecule has 0 atom stereocenters. The molecule has 3 heterocycles. The number of hydrogen-bond donors (Lipinski definition) is 1. The number of aromatic nitrogens is 3. The van der Waals surface area contributed by atoms with Crippen molar-refractivity contribution in [3.8, 4) is 5.75 Å². The number of pyridine rings is 1. The molecule has 1 fully saturated rings. The highest BCUT2D eigenvalue weighted by atomic mass is 19.4. The second-order valence-corrected chi connectivity index (χ2v) is 7.08. The van der Waals surface area contributed by atoms with Crippen LogP contribution in [0.3, 0.4) is 0 Å². The molecule has 148 valence electrons. The number of nitrogens with zero attached hydrogens (tertiary/aromatic N) is 3. The molecule has 0 spiro atoms. The highest BCUT2D eigenvalue weighted by molar-refractivity contribution is 5.95. The number of hydrogen-bond acceptors (Lipinski definition) is 4. The van der Waals surface area contributed by atoms with E-state index in [0.29, 0.717) is 5.82 Å². The summed E-state index contributed by atoms with van der Waals surface area (Å²) in [5.41, 5.74) is 2.01. The van der Waals surface area contributed by atoms with Gasteiger partial charge in [-0.1, -0.05) is 12.1 Å². The fourth-order valence-electron chi connectivity index (χ4n) is 3.84. The molecule has 1 aromatic carbocycles. The monoisotopic (exact) mass is 390 g/mol. The Hall–Kier alpha value is -2.77. The van der Waals surface area contributed by atoms with Crippen LogP contribution in [0.25, 0.3) is 10.9 Å². The van der Waals surface area contributed by atoms with E-state index in [4.69, 9.17) is 4.74 Å². The van der Waals surface area contributed by atoms with Gasteiger partial charge in [0.25, 0.3) is 0 Å². The van der Waals surface area contributed by atoms with Crippen LogP contribution in [0.4, 0.5) is 18.9 Å². The molecule has 0 unspecified atom stereocenters. The quantitative estimate of drug-likeness (QED) is 0.706. The number of nitrogens with one attached hydrogen (secondary N) is 1. The molecular formula is C20H21F3N4O. The Kier molecular flexibility index (Phi) is 4.64. The zero-order chi connectivity index (χ0) is 19.9. The Morgan fingerprint density at radius 2 is 1.96 bits per heavy atom. The van der Waals surface area contributed by atoms with Gasteiger partial charge < -0.3 is 14.6 Å². The number of fused-ring (bicyclic) bond motifs is 1. The lowest BCUT2D eigenvalue weighted by Gasteiger charge is -2.33. The molecule has 4 rings (SSSR count). The first-order valence-electron chi connectivity index (χ1n) is 9.18. The van der Waals surface area contributed by atoms with Crippen LogP contribution < -0.4 is 9.64 Å². The van der Waals surface area contributed by atoms with Crippen molar-refractivity contribution in [1.29, 1.82) is 0 Å². The van der Waals surface area contributed by atoms with Gasteiger partial charge in [0, 0.05) is 35.8 Å². The van der Waals surface area contributed by atoms with Crippen LogP contribution in [0, 0.1) is 6.92 Å². The number of piperidine rings is 1. The average Bonchev–Trinajstić information content (AvgIpc) is 3.18. The number of rotatable bonds is 3.